The molecule has 3 rings (SSSR count). The number of ether oxygens (including phenoxy) is 2. The molecule has 2 aromatic heterocycles. The van der Waals surface area contributed by atoms with E-state index in [1.807, 2.05) is 0 Å². The monoisotopic (exact) mass is 428 g/mol. The topological polar surface area (TPSA) is 106 Å². The number of anilines is 1. The predicted molar refractivity (Wildman–Crippen MR) is 114 cm³/mol. The van der Waals surface area contributed by atoms with Gasteiger partial charge in [0.2, 0.25) is 5.91 Å². The maximum Gasteiger partial charge on any atom is 0.255 e. The Morgan fingerprint density at radius 3 is 2.77 bits per heavy atom. The number of hydrogen-bond donors (Lipinski definition) is 2. The van der Waals surface area contributed by atoms with Crippen molar-refractivity contribution < 1.29 is 14.3 Å². The van der Waals surface area contributed by atoms with E-state index in [1.165, 1.54) is 0 Å². The summed E-state index contributed by atoms with van der Waals surface area (Å²) in [5.41, 5.74) is 1.47. The molecule has 0 atom stereocenters. The van der Waals surface area contributed by atoms with E-state index < -0.39 is 5.91 Å². The van der Waals surface area contributed by atoms with E-state index in [0.29, 0.717) is 40.1 Å². The van der Waals surface area contributed by atoms with E-state index in [9.17, 15) is 9.59 Å². The number of pyridine rings is 1. The van der Waals surface area contributed by atoms with Gasteiger partial charge in [-0.05, 0) is 31.2 Å². The van der Waals surface area contributed by atoms with E-state index in [-0.39, 0.29) is 24.2 Å². The highest BCUT2D eigenvalue weighted by Crippen LogP contribution is 2.33. The fourth-order valence-electron chi connectivity index (χ4n) is 2.79. The van der Waals surface area contributed by atoms with Crippen molar-refractivity contribution in [1.29, 1.82) is 0 Å². The molecule has 1 amide bonds. The molecule has 3 aromatic rings. The highest BCUT2D eigenvalue weighted by molar-refractivity contribution is 6.32. The molecule has 30 heavy (non-hydrogen) atoms. The molecule has 156 valence electrons. The highest BCUT2D eigenvalue weighted by atomic mass is 35.5. The minimum absolute atomic E-state index is 0.147. The quantitative estimate of drug-likeness (QED) is 0.534. The number of aromatic amines is 1. The molecular formula is C21H21ClN4O4. The molecule has 1 aromatic carbocycles. The van der Waals surface area contributed by atoms with Crippen LogP contribution in [0.3, 0.4) is 0 Å². The molecule has 0 aliphatic rings. The molecule has 0 aliphatic heterocycles. The second-order valence-corrected chi connectivity index (χ2v) is 6.81. The van der Waals surface area contributed by atoms with Crippen LogP contribution in [-0.4, -0.2) is 41.2 Å². The standard InChI is InChI=1S/C21H21ClN4O4/c1-13-15(21(28)26-20(24-13)14-5-4-8-23-12-14)11-18(27)25-17-7-3-6-16(22)19(17)30-10-9-29-2/h3-8,12H,9-11H2,1-2H3,(H,25,27)(H,24,26,28). The van der Waals surface area contributed by atoms with Gasteiger partial charge >= 0.3 is 0 Å². The van der Waals surface area contributed by atoms with Gasteiger partial charge in [-0.2, -0.15) is 0 Å². The van der Waals surface area contributed by atoms with Crippen molar-refractivity contribution in [2.24, 2.45) is 0 Å². The molecular weight excluding hydrogens is 408 g/mol. The number of nitrogens with zero attached hydrogens (tertiary/aromatic N) is 2. The molecule has 0 saturated heterocycles. The molecule has 0 bridgehead atoms. The van der Waals surface area contributed by atoms with Crippen molar-refractivity contribution in [3.05, 3.63) is 69.4 Å². The molecule has 0 fully saturated rings. The summed E-state index contributed by atoms with van der Waals surface area (Å²) in [5, 5.41) is 3.11. The van der Waals surface area contributed by atoms with Gasteiger partial charge in [0.1, 0.15) is 12.4 Å². The van der Waals surface area contributed by atoms with E-state index >= 15 is 0 Å². The summed E-state index contributed by atoms with van der Waals surface area (Å²) in [5.74, 6) is 0.358. The number of benzene rings is 1. The number of rotatable bonds is 8. The average molecular weight is 429 g/mol. The molecule has 9 heteroatoms. The molecule has 0 radical (unpaired) electrons. The second-order valence-electron chi connectivity index (χ2n) is 6.40. The number of carbonyl (C=O) groups excluding carboxylic acids is 1. The van der Waals surface area contributed by atoms with Crippen LogP contribution in [0.25, 0.3) is 11.4 Å². The molecule has 0 saturated carbocycles. The van der Waals surface area contributed by atoms with E-state index in [1.54, 1.807) is 56.8 Å². The zero-order valence-corrected chi connectivity index (χ0v) is 17.3. The second kappa shape index (κ2) is 10.00. The number of carbonyl (C=O) groups is 1. The summed E-state index contributed by atoms with van der Waals surface area (Å²) < 4.78 is 10.6. The van der Waals surface area contributed by atoms with Gasteiger partial charge in [0.25, 0.3) is 5.56 Å². The smallest absolute Gasteiger partial charge is 0.255 e. The third kappa shape index (κ3) is 5.22. The van der Waals surface area contributed by atoms with Crippen molar-refractivity contribution in [3.8, 4) is 17.1 Å². The Kier molecular flexibility index (Phi) is 7.16. The van der Waals surface area contributed by atoms with Crippen LogP contribution in [0.4, 0.5) is 5.69 Å². The number of amides is 1. The maximum atomic E-state index is 12.6. The van der Waals surface area contributed by atoms with Gasteiger partial charge in [0.15, 0.2) is 5.75 Å². The predicted octanol–water partition coefficient (Wildman–Crippen LogP) is 3.00. The van der Waals surface area contributed by atoms with E-state index in [2.05, 4.69) is 20.3 Å². The van der Waals surface area contributed by atoms with Gasteiger partial charge in [-0.15, -0.1) is 0 Å². The summed E-state index contributed by atoms with van der Waals surface area (Å²) in [6.07, 6.45) is 3.09. The van der Waals surface area contributed by atoms with Gasteiger partial charge in [0, 0.05) is 36.3 Å². The Bertz CT molecular complexity index is 1090. The first-order valence-electron chi connectivity index (χ1n) is 9.20. The summed E-state index contributed by atoms with van der Waals surface area (Å²) in [6, 6.07) is 8.58. The fourth-order valence-corrected chi connectivity index (χ4v) is 3.02. The normalized spacial score (nSPS) is 10.6. The fraction of sp³-hybridized carbons (Fsp3) is 0.238. The summed E-state index contributed by atoms with van der Waals surface area (Å²) in [4.78, 5) is 36.3. The highest BCUT2D eigenvalue weighted by Gasteiger charge is 2.16. The first kappa shape index (κ1) is 21.5. The SMILES string of the molecule is COCCOc1c(Cl)cccc1NC(=O)Cc1c(C)nc(-c2cccnc2)[nH]c1=O. The van der Waals surface area contributed by atoms with Crippen LogP contribution in [0.2, 0.25) is 5.02 Å². The lowest BCUT2D eigenvalue weighted by Crippen LogP contribution is -2.24. The Morgan fingerprint density at radius 2 is 2.07 bits per heavy atom. The molecule has 2 heterocycles. The van der Waals surface area contributed by atoms with Gasteiger partial charge in [-0.1, -0.05) is 17.7 Å². The Labute approximate surface area is 178 Å². The molecule has 0 unspecified atom stereocenters. The lowest BCUT2D eigenvalue weighted by molar-refractivity contribution is -0.115. The van der Waals surface area contributed by atoms with Crippen LogP contribution in [0.5, 0.6) is 5.75 Å². The van der Waals surface area contributed by atoms with Crippen LogP contribution in [-0.2, 0) is 16.0 Å². The molecule has 0 spiro atoms. The van der Waals surface area contributed by atoms with Crippen LogP contribution in [0, 0.1) is 6.92 Å². The molecule has 8 nitrogen and oxygen atoms in total. The number of nitrogens with one attached hydrogen (secondary N) is 2. The first-order valence-corrected chi connectivity index (χ1v) is 9.57. The summed E-state index contributed by atoms with van der Waals surface area (Å²) in [7, 11) is 1.56. The van der Waals surface area contributed by atoms with Crippen molar-refractivity contribution >= 4 is 23.2 Å². The summed E-state index contributed by atoms with van der Waals surface area (Å²) in [6.45, 7) is 2.35. The van der Waals surface area contributed by atoms with Crippen molar-refractivity contribution in [3.63, 3.8) is 0 Å². The number of hydrogen-bond acceptors (Lipinski definition) is 6. The zero-order valence-electron chi connectivity index (χ0n) is 16.6. The van der Waals surface area contributed by atoms with E-state index in [0.717, 1.165) is 0 Å². The van der Waals surface area contributed by atoms with Crippen LogP contribution < -0.4 is 15.6 Å². The number of H-pyrrole nitrogens is 1. The van der Waals surface area contributed by atoms with Gasteiger partial charge < -0.3 is 19.8 Å². The third-order valence-corrected chi connectivity index (χ3v) is 4.57. The lowest BCUT2D eigenvalue weighted by Gasteiger charge is -2.14. The average Bonchev–Trinajstić information content (AvgIpc) is 2.73. The Balaban J connectivity index is 1.77. The number of aryl methyl sites for hydroxylation is 1. The lowest BCUT2D eigenvalue weighted by atomic mass is 10.1. The minimum Gasteiger partial charge on any atom is -0.487 e. The van der Waals surface area contributed by atoms with E-state index in [4.69, 9.17) is 21.1 Å². The number of methoxy groups -OCH3 is 1. The minimum atomic E-state index is -0.390. The molecule has 0 aliphatic carbocycles. The number of halogens is 1. The van der Waals surface area contributed by atoms with Gasteiger partial charge in [0.05, 0.1) is 23.7 Å². The Morgan fingerprint density at radius 1 is 1.23 bits per heavy atom. The number of para-hydroxylation sites is 1. The van der Waals surface area contributed by atoms with Gasteiger partial charge in [-0.25, -0.2) is 4.98 Å². The zero-order chi connectivity index (χ0) is 21.5. The van der Waals surface area contributed by atoms with Crippen LogP contribution in [0.1, 0.15) is 11.3 Å². The third-order valence-electron chi connectivity index (χ3n) is 4.27. The van der Waals surface area contributed by atoms with Gasteiger partial charge in [-0.3, -0.25) is 14.6 Å². The van der Waals surface area contributed by atoms with Crippen LogP contribution in [0.15, 0.2) is 47.5 Å². The van der Waals surface area contributed by atoms with Crippen molar-refractivity contribution in [2.45, 2.75) is 13.3 Å². The Hall–Kier alpha value is -3.23. The number of aromatic nitrogens is 3. The van der Waals surface area contributed by atoms with Crippen molar-refractivity contribution in [2.75, 3.05) is 25.6 Å². The molecule has 2 N–H and O–H groups in total. The largest absolute Gasteiger partial charge is 0.487 e. The van der Waals surface area contributed by atoms with Crippen LogP contribution >= 0.6 is 11.6 Å². The maximum absolute atomic E-state index is 12.6. The summed E-state index contributed by atoms with van der Waals surface area (Å²) >= 11 is 6.19. The first-order chi connectivity index (χ1) is 14.5. The van der Waals surface area contributed by atoms with Crippen molar-refractivity contribution in [1.82, 2.24) is 15.0 Å².